The SMILES string of the molecule is CCC(CC)CNS(=O)(=O)c1cc(C(=O)O)c(O)cc1C. The van der Waals surface area contributed by atoms with Crippen molar-refractivity contribution in [2.24, 2.45) is 5.92 Å². The largest absolute Gasteiger partial charge is 0.507 e. The van der Waals surface area contributed by atoms with E-state index in [1.54, 1.807) is 0 Å². The maximum Gasteiger partial charge on any atom is 0.339 e. The first-order valence-electron chi connectivity index (χ1n) is 6.79. The van der Waals surface area contributed by atoms with Crippen LogP contribution in [0.4, 0.5) is 0 Å². The van der Waals surface area contributed by atoms with E-state index < -0.39 is 27.3 Å². The summed E-state index contributed by atoms with van der Waals surface area (Å²) in [5.41, 5.74) is -0.127. The molecule has 0 amide bonds. The lowest BCUT2D eigenvalue weighted by Gasteiger charge is -2.15. The number of nitrogens with one attached hydrogen (secondary N) is 1. The number of phenols is 1. The van der Waals surface area contributed by atoms with E-state index in [1.807, 2.05) is 13.8 Å². The molecule has 0 radical (unpaired) electrons. The van der Waals surface area contributed by atoms with Crippen molar-refractivity contribution in [3.05, 3.63) is 23.3 Å². The van der Waals surface area contributed by atoms with Crippen LogP contribution in [0.5, 0.6) is 5.75 Å². The molecular formula is C14H21NO5S. The molecule has 0 aromatic heterocycles. The molecule has 118 valence electrons. The normalized spacial score (nSPS) is 11.8. The Labute approximate surface area is 124 Å². The highest BCUT2D eigenvalue weighted by molar-refractivity contribution is 7.89. The lowest BCUT2D eigenvalue weighted by atomic mass is 10.0. The Morgan fingerprint density at radius 3 is 2.33 bits per heavy atom. The van der Waals surface area contributed by atoms with E-state index in [2.05, 4.69) is 4.72 Å². The number of aryl methyl sites for hydroxylation is 1. The van der Waals surface area contributed by atoms with Crippen molar-refractivity contribution in [3.63, 3.8) is 0 Å². The summed E-state index contributed by atoms with van der Waals surface area (Å²) in [6, 6.07) is 2.14. The smallest absolute Gasteiger partial charge is 0.339 e. The number of carboxylic acids is 1. The van der Waals surface area contributed by atoms with Gasteiger partial charge < -0.3 is 10.2 Å². The number of hydrogen-bond acceptors (Lipinski definition) is 4. The molecule has 1 aromatic rings. The van der Waals surface area contributed by atoms with Crippen LogP contribution in [0.25, 0.3) is 0 Å². The molecule has 1 aromatic carbocycles. The van der Waals surface area contributed by atoms with E-state index in [0.717, 1.165) is 25.0 Å². The van der Waals surface area contributed by atoms with Gasteiger partial charge in [-0.2, -0.15) is 0 Å². The van der Waals surface area contributed by atoms with Crippen LogP contribution in [0.1, 0.15) is 42.6 Å². The van der Waals surface area contributed by atoms with Crippen LogP contribution in [0.15, 0.2) is 17.0 Å². The third kappa shape index (κ3) is 4.18. The molecular weight excluding hydrogens is 294 g/mol. The average molecular weight is 315 g/mol. The van der Waals surface area contributed by atoms with Crippen molar-refractivity contribution in [3.8, 4) is 5.75 Å². The number of carbonyl (C=O) groups is 1. The molecule has 0 saturated carbocycles. The summed E-state index contributed by atoms with van der Waals surface area (Å²) in [5, 5.41) is 18.5. The number of carboxylic acid groups (broad SMARTS) is 1. The molecule has 6 nitrogen and oxygen atoms in total. The highest BCUT2D eigenvalue weighted by Crippen LogP contribution is 2.25. The number of benzene rings is 1. The first kappa shape index (κ1) is 17.5. The standard InChI is InChI=1S/C14H21NO5S/c1-4-10(5-2)8-15-21(19,20)13-7-11(14(17)18)12(16)6-9(13)3/h6-7,10,15-16H,4-5,8H2,1-3H3,(H,17,18). The van der Waals surface area contributed by atoms with Crippen LogP contribution in [0.2, 0.25) is 0 Å². The van der Waals surface area contributed by atoms with E-state index in [4.69, 9.17) is 5.11 Å². The summed E-state index contributed by atoms with van der Waals surface area (Å²) in [6.45, 7) is 5.78. The van der Waals surface area contributed by atoms with E-state index in [0.29, 0.717) is 12.1 Å². The number of aromatic carboxylic acids is 1. The first-order chi connectivity index (χ1) is 9.72. The fraction of sp³-hybridized carbons (Fsp3) is 0.500. The Kier molecular flexibility index (Phi) is 5.74. The quantitative estimate of drug-likeness (QED) is 0.715. The van der Waals surface area contributed by atoms with Gasteiger partial charge in [-0.3, -0.25) is 0 Å². The van der Waals surface area contributed by atoms with Crippen molar-refractivity contribution in [1.29, 1.82) is 0 Å². The van der Waals surface area contributed by atoms with Crippen molar-refractivity contribution < 1.29 is 23.4 Å². The van der Waals surface area contributed by atoms with Crippen LogP contribution in [0, 0.1) is 12.8 Å². The molecule has 0 fully saturated rings. The average Bonchev–Trinajstić information content (AvgIpc) is 2.38. The number of sulfonamides is 1. The van der Waals surface area contributed by atoms with Gasteiger partial charge in [0.05, 0.1) is 4.90 Å². The molecule has 0 unspecified atom stereocenters. The third-order valence-electron chi connectivity index (χ3n) is 3.53. The summed E-state index contributed by atoms with van der Waals surface area (Å²) in [5.74, 6) is -1.58. The Morgan fingerprint density at radius 2 is 1.86 bits per heavy atom. The maximum atomic E-state index is 12.3. The van der Waals surface area contributed by atoms with Gasteiger partial charge >= 0.3 is 5.97 Å². The Bertz CT molecular complexity index is 620. The molecule has 0 spiro atoms. The van der Waals surface area contributed by atoms with Gasteiger partial charge in [0.2, 0.25) is 10.0 Å². The minimum Gasteiger partial charge on any atom is -0.507 e. The van der Waals surface area contributed by atoms with Gasteiger partial charge in [0, 0.05) is 6.54 Å². The second-order valence-corrected chi connectivity index (χ2v) is 6.71. The van der Waals surface area contributed by atoms with Gasteiger partial charge in [-0.1, -0.05) is 26.7 Å². The lowest BCUT2D eigenvalue weighted by molar-refractivity contribution is 0.0693. The zero-order valence-corrected chi connectivity index (χ0v) is 13.2. The number of aromatic hydroxyl groups is 1. The molecule has 21 heavy (non-hydrogen) atoms. The molecule has 1 rings (SSSR count). The van der Waals surface area contributed by atoms with E-state index in [1.165, 1.54) is 6.92 Å². The van der Waals surface area contributed by atoms with Crippen LogP contribution in [-0.2, 0) is 10.0 Å². The summed E-state index contributed by atoms with van der Waals surface area (Å²) in [7, 11) is -3.80. The van der Waals surface area contributed by atoms with Gasteiger partial charge in [-0.15, -0.1) is 0 Å². The molecule has 3 N–H and O–H groups in total. The summed E-state index contributed by atoms with van der Waals surface area (Å²) in [6.07, 6.45) is 1.71. The summed E-state index contributed by atoms with van der Waals surface area (Å²) < 4.78 is 27.1. The minimum absolute atomic E-state index is 0.122. The zero-order valence-electron chi connectivity index (χ0n) is 12.4. The molecule has 7 heteroatoms. The van der Waals surface area contributed by atoms with E-state index in [9.17, 15) is 18.3 Å². The van der Waals surface area contributed by atoms with E-state index >= 15 is 0 Å². The number of hydrogen-bond donors (Lipinski definition) is 3. The topological polar surface area (TPSA) is 104 Å². The predicted molar refractivity (Wildman–Crippen MR) is 79.1 cm³/mol. The van der Waals surface area contributed by atoms with Gasteiger partial charge in [0.1, 0.15) is 11.3 Å². The molecule has 0 heterocycles. The Morgan fingerprint density at radius 1 is 1.29 bits per heavy atom. The summed E-state index contributed by atoms with van der Waals surface area (Å²) >= 11 is 0. The van der Waals surface area contributed by atoms with Crippen LogP contribution < -0.4 is 4.72 Å². The van der Waals surface area contributed by atoms with Crippen molar-refractivity contribution in [2.75, 3.05) is 6.54 Å². The van der Waals surface area contributed by atoms with Crippen molar-refractivity contribution in [1.82, 2.24) is 4.72 Å². The van der Waals surface area contributed by atoms with E-state index in [-0.39, 0.29) is 10.8 Å². The molecule has 0 atom stereocenters. The fourth-order valence-corrected chi connectivity index (χ4v) is 3.38. The fourth-order valence-electron chi connectivity index (χ4n) is 2.02. The first-order valence-corrected chi connectivity index (χ1v) is 8.27. The lowest BCUT2D eigenvalue weighted by Crippen LogP contribution is -2.29. The van der Waals surface area contributed by atoms with Crippen molar-refractivity contribution >= 4 is 16.0 Å². The molecule has 0 bridgehead atoms. The van der Waals surface area contributed by atoms with Gasteiger partial charge in [-0.25, -0.2) is 17.9 Å². The molecule has 0 saturated heterocycles. The van der Waals surface area contributed by atoms with Crippen LogP contribution in [-0.4, -0.2) is 31.1 Å². The Balaban J connectivity index is 3.13. The van der Waals surface area contributed by atoms with Gasteiger partial charge in [-0.05, 0) is 30.5 Å². The highest BCUT2D eigenvalue weighted by Gasteiger charge is 2.22. The molecule has 0 aliphatic rings. The zero-order chi connectivity index (χ0) is 16.2. The predicted octanol–water partition coefficient (Wildman–Crippen LogP) is 2.11. The van der Waals surface area contributed by atoms with Gasteiger partial charge in [0.25, 0.3) is 0 Å². The van der Waals surface area contributed by atoms with Crippen LogP contribution >= 0.6 is 0 Å². The Hall–Kier alpha value is -1.60. The monoisotopic (exact) mass is 315 g/mol. The number of rotatable bonds is 7. The molecule has 0 aliphatic heterocycles. The van der Waals surface area contributed by atoms with Crippen LogP contribution in [0.3, 0.4) is 0 Å². The maximum absolute atomic E-state index is 12.3. The third-order valence-corrected chi connectivity index (χ3v) is 5.10. The second kappa shape index (κ2) is 6.91. The molecule has 0 aliphatic carbocycles. The van der Waals surface area contributed by atoms with Gasteiger partial charge in [0.15, 0.2) is 0 Å². The summed E-state index contributed by atoms with van der Waals surface area (Å²) in [4.78, 5) is 10.9. The van der Waals surface area contributed by atoms with Crippen molar-refractivity contribution in [2.45, 2.75) is 38.5 Å². The minimum atomic E-state index is -3.80. The second-order valence-electron chi connectivity index (χ2n) is 4.97. The highest BCUT2D eigenvalue weighted by atomic mass is 32.2.